The number of nitrogen functional groups attached to an aromatic ring is 1. The van der Waals surface area contributed by atoms with Gasteiger partial charge in [0.25, 0.3) is 5.91 Å². The first kappa shape index (κ1) is 16.2. The van der Waals surface area contributed by atoms with Gasteiger partial charge < -0.3 is 15.8 Å². The van der Waals surface area contributed by atoms with Crippen molar-refractivity contribution in [3.8, 4) is 0 Å². The third kappa shape index (κ3) is 4.41. The molecule has 0 saturated heterocycles. The average Bonchev–Trinajstić information content (AvgIpc) is 2.53. The molecule has 0 aliphatic heterocycles. The molecule has 0 aliphatic rings. The molecule has 0 fully saturated rings. The van der Waals surface area contributed by atoms with E-state index in [1.165, 1.54) is 19.1 Å². The van der Waals surface area contributed by atoms with Gasteiger partial charge in [-0.3, -0.25) is 9.59 Å². The number of nitrogens with two attached hydrogens (primary N) is 1. The Morgan fingerprint density at radius 2 is 1.70 bits per heavy atom. The summed E-state index contributed by atoms with van der Waals surface area (Å²) in [7, 11) is 0. The van der Waals surface area contributed by atoms with E-state index in [-0.39, 0.29) is 5.78 Å². The number of Topliss-reactive ketones (excluding diaryl/α,β-unsaturated/α-hetero) is 1. The van der Waals surface area contributed by atoms with Crippen LogP contribution in [0.25, 0.3) is 0 Å². The van der Waals surface area contributed by atoms with Gasteiger partial charge in [-0.2, -0.15) is 0 Å². The van der Waals surface area contributed by atoms with Crippen molar-refractivity contribution >= 4 is 29.0 Å². The molecule has 0 unspecified atom stereocenters. The first-order valence-corrected chi connectivity index (χ1v) is 6.90. The maximum atomic E-state index is 11.9. The summed E-state index contributed by atoms with van der Waals surface area (Å²) < 4.78 is 4.93. The molecular formula is C17H16N2O4. The summed E-state index contributed by atoms with van der Waals surface area (Å²) in [5, 5.41) is 2.55. The van der Waals surface area contributed by atoms with Gasteiger partial charge in [0.1, 0.15) is 0 Å². The number of benzene rings is 2. The molecule has 0 atom stereocenters. The molecule has 6 nitrogen and oxygen atoms in total. The minimum absolute atomic E-state index is 0.167. The van der Waals surface area contributed by atoms with E-state index < -0.39 is 18.5 Å². The SMILES string of the molecule is CC(=O)c1ccccc1NC(=O)COC(=O)c1ccc(N)cc1. The summed E-state index contributed by atoms with van der Waals surface area (Å²) in [6, 6.07) is 12.8. The summed E-state index contributed by atoms with van der Waals surface area (Å²) in [6.45, 7) is 0.960. The maximum absolute atomic E-state index is 11.9. The monoisotopic (exact) mass is 312 g/mol. The standard InChI is InChI=1S/C17H16N2O4/c1-11(20)14-4-2-3-5-15(14)19-16(21)10-23-17(22)12-6-8-13(18)9-7-12/h2-9H,10,18H2,1H3,(H,19,21). The first-order chi connectivity index (χ1) is 11.0. The van der Waals surface area contributed by atoms with Crippen LogP contribution >= 0.6 is 0 Å². The van der Waals surface area contributed by atoms with Gasteiger partial charge in [-0.05, 0) is 43.3 Å². The van der Waals surface area contributed by atoms with Crippen molar-refractivity contribution in [1.29, 1.82) is 0 Å². The minimum atomic E-state index is -0.625. The Labute approximate surface area is 133 Å². The predicted molar refractivity (Wildman–Crippen MR) is 86.2 cm³/mol. The fraction of sp³-hybridized carbons (Fsp3) is 0.118. The lowest BCUT2D eigenvalue weighted by Crippen LogP contribution is -2.22. The van der Waals surface area contributed by atoms with Crippen molar-refractivity contribution in [2.75, 3.05) is 17.7 Å². The number of para-hydroxylation sites is 1. The molecule has 6 heteroatoms. The first-order valence-electron chi connectivity index (χ1n) is 6.90. The van der Waals surface area contributed by atoms with Gasteiger partial charge in [-0.15, -0.1) is 0 Å². The highest BCUT2D eigenvalue weighted by molar-refractivity contribution is 6.04. The van der Waals surface area contributed by atoms with Crippen LogP contribution in [0.3, 0.4) is 0 Å². The van der Waals surface area contributed by atoms with Crippen LogP contribution in [0.5, 0.6) is 0 Å². The second kappa shape index (κ2) is 7.22. The summed E-state index contributed by atoms with van der Waals surface area (Å²) in [4.78, 5) is 35.1. The van der Waals surface area contributed by atoms with Gasteiger partial charge in [0.2, 0.25) is 0 Å². The Morgan fingerprint density at radius 1 is 1.04 bits per heavy atom. The van der Waals surface area contributed by atoms with Crippen molar-refractivity contribution in [3.05, 3.63) is 59.7 Å². The Balaban J connectivity index is 1.94. The molecule has 0 aliphatic carbocycles. The Bertz CT molecular complexity index is 739. The lowest BCUT2D eigenvalue weighted by molar-refractivity contribution is -0.119. The summed E-state index contributed by atoms with van der Waals surface area (Å²) in [5.41, 5.74) is 7.14. The number of nitrogens with one attached hydrogen (secondary N) is 1. The molecule has 0 radical (unpaired) electrons. The molecule has 0 saturated carbocycles. The van der Waals surface area contributed by atoms with Gasteiger partial charge in [0.15, 0.2) is 12.4 Å². The maximum Gasteiger partial charge on any atom is 0.338 e. The molecule has 1 amide bonds. The molecule has 2 aromatic carbocycles. The van der Waals surface area contributed by atoms with Crippen LogP contribution in [0.1, 0.15) is 27.6 Å². The van der Waals surface area contributed by atoms with Crippen molar-refractivity contribution in [2.45, 2.75) is 6.92 Å². The third-order valence-electron chi connectivity index (χ3n) is 3.06. The van der Waals surface area contributed by atoms with E-state index in [0.29, 0.717) is 22.5 Å². The summed E-state index contributed by atoms with van der Waals surface area (Å²) in [6.07, 6.45) is 0. The topological polar surface area (TPSA) is 98.5 Å². The molecule has 118 valence electrons. The van der Waals surface area contributed by atoms with Gasteiger partial charge in [-0.1, -0.05) is 12.1 Å². The van der Waals surface area contributed by atoms with Gasteiger partial charge >= 0.3 is 5.97 Å². The molecule has 0 bridgehead atoms. The second-order valence-electron chi connectivity index (χ2n) is 4.85. The number of hydrogen-bond donors (Lipinski definition) is 2. The Morgan fingerprint density at radius 3 is 2.35 bits per heavy atom. The number of anilines is 2. The molecular weight excluding hydrogens is 296 g/mol. The van der Waals surface area contributed by atoms with Crippen LogP contribution in [0.2, 0.25) is 0 Å². The number of ketones is 1. The van der Waals surface area contributed by atoms with E-state index in [1.807, 2.05) is 0 Å². The van der Waals surface area contributed by atoms with E-state index in [4.69, 9.17) is 10.5 Å². The zero-order chi connectivity index (χ0) is 16.8. The van der Waals surface area contributed by atoms with E-state index in [9.17, 15) is 14.4 Å². The summed E-state index contributed by atoms with van der Waals surface area (Å²) in [5.74, 6) is -1.32. The highest BCUT2D eigenvalue weighted by Crippen LogP contribution is 2.15. The average molecular weight is 312 g/mol. The number of esters is 1. The van der Waals surface area contributed by atoms with E-state index >= 15 is 0 Å². The van der Waals surface area contributed by atoms with Crippen LogP contribution in [0.15, 0.2) is 48.5 Å². The zero-order valence-corrected chi connectivity index (χ0v) is 12.5. The number of ether oxygens (including phenoxy) is 1. The third-order valence-corrected chi connectivity index (χ3v) is 3.06. The number of carbonyl (C=O) groups is 3. The normalized spacial score (nSPS) is 9.96. The minimum Gasteiger partial charge on any atom is -0.452 e. The number of carbonyl (C=O) groups excluding carboxylic acids is 3. The van der Waals surface area contributed by atoms with Gasteiger partial charge in [-0.25, -0.2) is 4.79 Å². The lowest BCUT2D eigenvalue weighted by atomic mass is 10.1. The second-order valence-corrected chi connectivity index (χ2v) is 4.85. The molecule has 0 spiro atoms. The molecule has 2 aromatic rings. The van der Waals surface area contributed by atoms with Crippen molar-refractivity contribution < 1.29 is 19.1 Å². The van der Waals surface area contributed by atoms with Crippen LogP contribution in [-0.2, 0) is 9.53 Å². The highest BCUT2D eigenvalue weighted by Gasteiger charge is 2.12. The van der Waals surface area contributed by atoms with E-state index in [2.05, 4.69) is 5.32 Å². The van der Waals surface area contributed by atoms with Crippen LogP contribution in [0.4, 0.5) is 11.4 Å². The lowest BCUT2D eigenvalue weighted by Gasteiger charge is -2.09. The quantitative estimate of drug-likeness (QED) is 0.501. The van der Waals surface area contributed by atoms with E-state index in [0.717, 1.165) is 0 Å². The van der Waals surface area contributed by atoms with Crippen LogP contribution in [0, 0.1) is 0 Å². The highest BCUT2D eigenvalue weighted by atomic mass is 16.5. The Hall–Kier alpha value is -3.15. The van der Waals surface area contributed by atoms with Gasteiger partial charge in [0.05, 0.1) is 11.3 Å². The fourth-order valence-corrected chi connectivity index (χ4v) is 1.92. The van der Waals surface area contributed by atoms with Crippen LogP contribution in [-0.4, -0.2) is 24.3 Å². The van der Waals surface area contributed by atoms with Crippen molar-refractivity contribution in [3.63, 3.8) is 0 Å². The van der Waals surface area contributed by atoms with Crippen LogP contribution < -0.4 is 11.1 Å². The summed E-state index contributed by atoms with van der Waals surface area (Å²) >= 11 is 0. The molecule has 3 N–H and O–H groups in total. The smallest absolute Gasteiger partial charge is 0.338 e. The molecule has 23 heavy (non-hydrogen) atoms. The number of amides is 1. The zero-order valence-electron chi connectivity index (χ0n) is 12.5. The largest absolute Gasteiger partial charge is 0.452 e. The number of rotatable bonds is 5. The Kier molecular flexibility index (Phi) is 5.09. The van der Waals surface area contributed by atoms with Gasteiger partial charge in [0, 0.05) is 11.3 Å². The molecule has 2 rings (SSSR count). The fourth-order valence-electron chi connectivity index (χ4n) is 1.92. The van der Waals surface area contributed by atoms with E-state index in [1.54, 1.807) is 36.4 Å². The molecule has 0 heterocycles. The predicted octanol–water partition coefficient (Wildman–Crippen LogP) is 2.27. The van der Waals surface area contributed by atoms with Crippen molar-refractivity contribution in [1.82, 2.24) is 0 Å². The van der Waals surface area contributed by atoms with Crippen molar-refractivity contribution in [2.24, 2.45) is 0 Å². The molecule has 0 aromatic heterocycles. The number of hydrogen-bond acceptors (Lipinski definition) is 5.